The van der Waals surface area contributed by atoms with Crippen LogP contribution in [0.3, 0.4) is 0 Å². The van der Waals surface area contributed by atoms with Crippen molar-refractivity contribution in [2.24, 2.45) is 5.92 Å². The smallest absolute Gasteiger partial charge is 0.0621 e. The van der Waals surface area contributed by atoms with Gasteiger partial charge in [-0.3, -0.25) is 0 Å². The zero-order valence-electron chi connectivity index (χ0n) is 11.0. The molecule has 0 bridgehead atoms. The highest BCUT2D eigenvalue weighted by molar-refractivity contribution is 5.01. The maximum absolute atomic E-state index is 6.11. The first-order valence-electron chi connectivity index (χ1n) is 6.20. The van der Waals surface area contributed by atoms with E-state index < -0.39 is 0 Å². The van der Waals surface area contributed by atoms with Crippen LogP contribution in [-0.2, 0) is 4.74 Å². The van der Waals surface area contributed by atoms with Gasteiger partial charge in [-0.05, 0) is 59.3 Å². The Labute approximate surface area is 94.9 Å². The first-order chi connectivity index (χ1) is 6.87. The number of hydrogen-bond acceptors (Lipinski definition) is 1. The fourth-order valence-electron chi connectivity index (χ4n) is 2.30. The minimum Gasteiger partial charge on any atom is -0.372 e. The third-order valence-electron chi connectivity index (χ3n) is 2.89. The molecule has 88 valence electrons. The van der Waals surface area contributed by atoms with Crippen LogP contribution < -0.4 is 0 Å². The topological polar surface area (TPSA) is 9.23 Å². The predicted molar refractivity (Wildman–Crippen MR) is 66.0 cm³/mol. The van der Waals surface area contributed by atoms with Crippen LogP contribution in [-0.4, -0.2) is 11.7 Å². The first kappa shape index (κ1) is 12.8. The molecule has 0 aromatic carbocycles. The molecule has 0 aromatic heterocycles. The van der Waals surface area contributed by atoms with Gasteiger partial charge in [-0.15, -0.1) is 0 Å². The molecule has 0 aromatic rings. The Bertz CT molecular complexity index is 222. The molecule has 1 nitrogen and oxygen atoms in total. The molecule has 0 aliphatic heterocycles. The van der Waals surface area contributed by atoms with Crippen LogP contribution in [0.2, 0.25) is 0 Å². The van der Waals surface area contributed by atoms with E-state index in [0.29, 0.717) is 6.10 Å². The van der Waals surface area contributed by atoms with Crippen molar-refractivity contribution in [3.05, 3.63) is 11.6 Å². The molecule has 1 aliphatic carbocycles. The second kappa shape index (κ2) is 5.16. The van der Waals surface area contributed by atoms with Crippen LogP contribution in [0.25, 0.3) is 0 Å². The number of allylic oxidation sites excluding steroid dienone is 1. The summed E-state index contributed by atoms with van der Waals surface area (Å²) in [6.45, 7) is 11.0. The zero-order chi connectivity index (χ0) is 11.5. The molecule has 2 unspecified atom stereocenters. The summed E-state index contributed by atoms with van der Waals surface area (Å²) in [5.41, 5.74) is 1.49. The molecule has 0 saturated heterocycles. The molecule has 2 atom stereocenters. The molecule has 0 N–H and O–H groups in total. The van der Waals surface area contributed by atoms with Crippen molar-refractivity contribution in [1.82, 2.24) is 0 Å². The summed E-state index contributed by atoms with van der Waals surface area (Å²) in [7, 11) is 0. The third kappa shape index (κ3) is 5.36. The third-order valence-corrected chi connectivity index (χ3v) is 2.89. The summed E-state index contributed by atoms with van der Waals surface area (Å²) >= 11 is 0. The maximum Gasteiger partial charge on any atom is 0.0621 e. The van der Waals surface area contributed by atoms with Gasteiger partial charge in [0, 0.05) is 0 Å². The molecule has 0 radical (unpaired) electrons. The van der Waals surface area contributed by atoms with Crippen LogP contribution in [0.1, 0.15) is 60.3 Å². The van der Waals surface area contributed by atoms with Gasteiger partial charge in [-0.25, -0.2) is 0 Å². The van der Waals surface area contributed by atoms with Gasteiger partial charge in [0.2, 0.25) is 0 Å². The maximum atomic E-state index is 6.11. The van der Waals surface area contributed by atoms with E-state index >= 15 is 0 Å². The minimum absolute atomic E-state index is 0.0101. The molecule has 0 spiro atoms. The summed E-state index contributed by atoms with van der Waals surface area (Å²) in [4.78, 5) is 0. The molecular formula is C14H26O. The van der Waals surface area contributed by atoms with Crippen molar-refractivity contribution >= 4 is 0 Å². The molecule has 1 rings (SSSR count). The lowest BCUT2D eigenvalue weighted by Gasteiger charge is -2.30. The summed E-state index contributed by atoms with van der Waals surface area (Å²) < 4.78 is 6.11. The second-order valence-electron chi connectivity index (χ2n) is 6.03. The monoisotopic (exact) mass is 210 g/mol. The van der Waals surface area contributed by atoms with Gasteiger partial charge in [0.05, 0.1) is 11.7 Å². The number of ether oxygens (including phenoxy) is 1. The molecular weight excluding hydrogens is 184 g/mol. The van der Waals surface area contributed by atoms with E-state index in [-0.39, 0.29) is 5.60 Å². The van der Waals surface area contributed by atoms with Gasteiger partial charge in [-0.2, -0.15) is 0 Å². The molecule has 1 aliphatic rings. The molecule has 0 amide bonds. The Morgan fingerprint density at radius 3 is 2.60 bits per heavy atom. The lowest BCUT2D eigenvalue weighted by atomic mass is 9.91. The highest BCUT2D eigenvalue weighted by Gasteiger charge is 2.22. The lowest BCUT2D eigenvalue weighted by Crippen LogP contribution is -2.29. The Kier molecular flexibility index (Phi) is 4.39. The fourth-order valence-corrected chi connectivity index (χ4v) is 2.30. The minimum atomic E-state index is -0.0101. The van der Waals surface area contributed by atoms with Crippen molar-refractivity contribution in [1.29, 1.82) is 0 Å². The van der Waals surface area contributed by atoms with E-state index in [4.69, 9.17) is 4.74 Å². The highest BCUT2D eigenvalue weighted by Crippen LogP contribution is 2.26. The quantitative estimate of drug-likeness (QED) is 0.585. The second-order valence-corrected chi connectivity index (χ2v) is 6.03. The van der Waals surface area contributed by atoms with Crippen molar-refractivity contribution in [3.8, 4) is 0 Å². The highest BCUT2D eigenvalue weighted by atomic mass is 16.5. The van der Waals surface area contributed by atoms with Gasteiger partial charge >= 0.3 is 0 Å². The normalized spacial score (nSPS) is 32.7. The van der Waals surface area contributed by atoms with E-state index in [9.17, 15) is 0 Å². The van der Waals surface area contributed by atoms with Crippen LogP contribution in [0.5, 0.6) is 0 Å². The van der Waals surface area contributed by atoms with Crippen molar-refractivity contribution in [2.45, 2.75) is 72.0 Å². The summed E-state index contributed by atoms with van der Waals surface area (Å²) in [5, 5.41) is 0. The van der Waals surface area contributed by atoms with Crippen LogP contribution in [0, 0.1) is 5.92 Å². The standard InChI is InChI=1S/C14H26O/c1-11-7-6-8-12(2)10-13(9-11)15-14(3,4)5/h7,12-13H,6,8-10H2,1-5H3/b11-7-. The SMILES string of the molecule is C/C1=C/CCC(C)CC(OC(C)(C)C)C1. The molecule has 0 heterocycles. The average Bonchev–Trinajstić information content (AvgIpc) is 1.97. The molecule has 1 heteroatoms. The fraction of sp³-hybridized carbons (Fsp3) is 0.857. The van der Waals surface area contributed by atoms with Gasteiger partial charge < -0.3 is 4.74 Å². The van der Waals surface area contributed by atoms with Crippen LogP contribution in [0.15, 0.2) is 11.6 Å². The molecule has 0 fully saturated rings. The van der Waals surface area contributed by atoms with Crippen LogP contribution >= 0.6 is 0 Å². The van der Waals surface area contributed by atoms with Crippen molar-refractivity contribution in [2.75, 3.05) is 0 Å². The predicted octanol–water partition coefficient (Wildman–Crippen LogP) is 4.33. The summed E-state index contributed by atoms with van der Waals surface area (Å²) in [5.74, 6) is 0.793. The van der Waals surface area contributed by atoms with E-state index in [1.165, 1.54) is 24.8 Å². The van der Waals surface area contributed by atoms with E-state index in [0.717, 1.165) is 12.3 Å². The molecule has 15 heavy (non-hydrogen) atoms. The Morgan fingerprint density at radius 1 is 1.33 bits per heavy atom. The van der Waals surface area contributed by atoms with Gasteiger partial charge in [0.1, 0.15) is 0 Å². The Hall–Kier alpha value is -0.300. The largest absolute Gasteiger partial charge is 0.372 e. The zero-order valence-corrected chi connectivity index (χ0v) is 11.0. The van der Waals surface area contributed by atoms with Gasteiger partial charge in [0.25, 0.3) is 0 Å². The van der Waals surface area contributed by atoms with E-state index in [1.54, 1.807) is 0 Å². The van der Waals surface area contributed by atoms with Gasteiger partial charge in [-0.1, -0.05) is 18.6 Å². The summed E-state index contributed by atoms with van der Waals surface area (Å²) in [6, 6.07) is 0. The molecule has 0 saturated carbocycles. The number of rotatable bonds is 1. The van der Waals surface area contributed by atoms with Crippen LogP contribution in [0.4, 0.5) is 0 Å². The van der Waals surface area contributed by atoms with Crippen molar-refractivity contribution < 1.29 is 4.74 Å². The number of hydrogen-bond donors (Lipinski definition) is 0. The Balaban J connectivity index is 2.60. The lowest BCUT2D eigenvalue weighted by molar-refractivity contribution is -0.0682. The van der Waals surface area contributed by atoms with Crippen molar-refractivity contribution in [3.63, 3.8) is 0 Å². The summed E-state index contributed by atoms with van der Waals surface area (Å²) in [6.07, 6.45) is 7.67. The van der Waals surface area contributed by atoms with Gasteiger partial charge in [0.15, 0.2) is 0 Å². The van der Waals surface area contributed by atoms with E-state index in [1.807, 2.05) is 0 Å². The Morgan fingerprint density at radius 2 is 2.00 bits per heavy atom. The van der Waals surface area contributed by atoms with E-state index in [2.05, 4.69) is 40.7 Å². The average molecular weight is 210 g/mol. The first-order valence-corrected chi connectivity index (χ1v) is 6.20.